The monoisotopic (exact) mass is 189 g/mol. The molecule has 0 aromatic heterocycles. The molecule has 0 aromatic carbocycles. The van der Waals surface area contributed by atoms with Gasteiger partial charge in [0.2, 0.25) is 0 Å². The molecule has 0 amide bonds. The van der Waals surface area contributed by atoms with Crippen LogP contribution in [0.1, 0.15) is 20.3 Å². The predicted octanol–water partition coefficient (Wildman–Crippen LogP) is 1.58. The molecule has 0 aliphatic carbocycles. The summed E-state index contributed by atoms with van der Waals surface area (Å²) in [4.78, 5) is 2.23. The van der Waals surface area contributed by atoms with E-state index in [9.17, 15) is 0 Å². The second-order valence-corrected chi connectivity index (χ2v) is 3.85. The summed E-state index contributed by atoms with van der Waals surface area (Å²) >= 11 is 0. The molecule has 0 fully saturated rings. The second-order valence-electron chi connectivity index (χ2n) is 3.85. The molecule has 0 bridgehead atoms. The Morgan fingerprint density at radius 1 is 1.15 bits per heavy atom. The molecule has 0 rings (SSSR count). The van der Waals surface area contributed by atoms with E-state index in [-0.39, 0.29) is 6.29 Å². The van der Waals surface area contributed by atoms with Crippen molar-refractivity contribution in [1.82, 2.24) is 4.90 Å². The SMILES string of the molecule is COC(CN(C)CCC(C)C)OC. The minimum atomic E-state index is -0.0998. The molecule has 80 valence electrons. The molecule has 0 saturated heterocycles. The normalized spacial score (nSPS) is 12.0. The molecule has 0 aromatic rings. The number of nitrogens with zero attached hydrogens (tertiary/aromatic N) is 1. The molecule has 0 N–H and O–H groups in total. The maximum Gasteiger partial charge on any atom is 0.169 e. The van der Waals surface area contributed by atoms with Gasteiger partial charge in [0.05, 0.1) is 0 Å². The quantitative estimate of drug-likeness (QED) is 0.568. The Morgan fingerprint density at radius 2 is 1.69 bits per heavy atom. The van der Waals surface area contributed by atoms with Gasteiger partial charge in [0, 0.05) is 20.8 Å². The van der Waals surface area contributed by atoms with E-state index in [2.05, 4.69) is 25.8 Å². The van der Waals surface area contributed by atoms with Crippen LogP contribution in [0.4, 0.5) is 0 Å². The summed E-state index contributed by atoms with van der Waals surface area (Å²) in [6, 6.07) is 0. The first-order chi connectivity index (χ1) is 6.10. The van der Waals surface area contributed by atoms with Crippen LogP contribution < -0.4 is 0 Å². The highest BCUT2D eigenvalue weighted by molar-refractivity contribution is 4.56. The van der Waals surface area contributed by atoms with Crippen molar-refractivity contribution in [2.24, 2.45) is 5.92 Å². The number of hydrogen-bond donors (Lipinski definition) is 0. The van der Waals surface area contributed by atoms with Crippen LogP contribution in [0.25, 0.3) is 0 Å². The van der Waals surface area contributed by atoms with Crippen LogP contribution in [0, 0.1) is 5.92 Å². The summed E-state index contributed by atoms with van der Waals surface area (Å²) in [6.45, 7) is 6.40. The van der Waals surface area contributed by atoms with Gasteiger partial charge in [-0.25, -0.2) is 0 Å². The number of likely N-dealkylation sites (N-methyl/N-ethyl adjacent to an activating group) is 1. The highest BCUT2D eigenvalue weighted by atomic mass is 16.7. The lowest BCUT2D eigenvalue weighted by Crippen LogP contribution is -2.32. The van der Waals surface area contributed by atoms with E-state index in [1.54, 1.807) is 14.2 Å². The Bertz CT molecular complexity index is 113. The average molecular weight is 189 g/mol. The maximum atomic E-state index is 5.11. The van der Waals surface area contributed by atoms with Gasteiger partial charge in [0.1, 0.15) is 0 Å². The number of hydrogen-bond acceptors (Lipinski definition) is 3. The van der Waals surface area contributed by atoms with Gasteiger partial charge in [-0.2, -0.15) is 0 Å². The Labute approximate surface area is 82.0 Å². The van der Waals surface area contributed by atoms with E-state index in [0.29, 0.717) is 0 Å². The molecule has 13 heavy (non-hydrogen) atoms. The van der Waals surface area contributed by atoms with Gasteiger partial charge in [0.15, 0.2) is 6.29 Å². The summed E-state index contributed by atoms with van der Waals surface area (Å²) in [6.07, 6.45) is 1.12. The van der Waals surface area contributed by atoms with Crippen LogP contribution >= 0.6 is 0 Å². The van der Waals surface area contributed by atoms with E-state index in [1.165, 1.54) is 6.42 Å². The van der Waals surface area contributed by atoms with Crippen molar-refractivity contribution in [3.8, 4) is 0 Å². The summed E-state index contributed by atoms with van der Waals surface area (Å²) in [5.41, 5.74) is 0. The van der Waals surface area contributed by atoms with Gasteiger partial charge in [-0.15, -0.1) is 0 Å². The van der Waals surface area contributed by atoms with E-state index in [0.717, 1.165) is 19.0 Å². The molecular formula is C10H23NO2. The third kappa shape index (κ3) is 6.99. The first-order valence-corrected chi connectivity index (χ1v) is 4.84. The molecular weight excluding hydrogens is 166 g/mol. The third-order valence-electron chi connectivity index (χ3n) is 2.07. The van der Waals surface area contributed by atoms with Crippen LogP contribution in [0.5, 0.6) is 0 Å². The van der Waals surface area contributed by atoms with E-state index in [4.69, 9.17) is 9.47 Å². The number of methoxy groups -OCH3 is 2. The Hall–Kier alpha value is -0.120. The van der Waals surface area contributed by atoms with Crippen LogP contribution in [-0.4, -0.2) is 45.5 Å². The van der Waals surface area contributed by atoms with Crippen molar-refractivity contribution in [2.75, 3.05) is 34.4 Å². The van der Waals surface area contributed by atoms with Crippen LogP contribution in [0.2, 0.25) is 0 Å². The Morgan fingerprint density at radius 3 is 2.08 bits per heavy atom. The summed E-state index contributed by atoms with van der Waals surface area (Å²) < 4.78 is 10.2. The van der Waals surface area contributed by atoms with Crippen LogP contribution in [-0.2, 0) is 9.47 Å². The first-order valence-electron chi connectivity index (χ1n) is 4.84. The smallest absolute Gasteiger partial charge is 0.169 e. The summed E-state index contributed by atoms with van der Waals surface area (Å²) in [7, 11) is 5.43. The molecule has 0 saturated carbocycles. The zero-order valence-electron chi connectivity index (χ0n) is 9.54. The second kappa shape index (κ2) is 7.30. The zero-order chi connectivity index (χ0) is 10.3. The largest absolute Gasteiger partial charge is 0.355 e. The lowest BCUT2D eigenvalue weighted by molar-refractivity contribution is -0.113. The minimum absolute atomic E-state index is 0.0998. The van der Waals surface area contributed by atoms with Crippen LogP contribution in [0.15, 0.2) is 0 Å². The summed E-state index contributed by atoms with van der Waals surface area (Å²) in [5, 5.41) is 0. The third-order valence-corrected chi connectivity index (χ3v) is 2.07. The van der Waals surface area contributed by atoms with E-state index < -0.39 is 0 Å². The van der Waals surface area contributed by atoms with Crippen molar-refractivity contribution in [2.45, 2.75) is 26.6 Å². The van der Waals surface area contributed by atoms with Crippen molar-refractivity contribution >= 4 is 0 Å². The van der Waals surface area contributed by atoms with Gasteiger partial charge >= 0.3 is 0 Å². The zero-order valence-corrected chi connectivity index (χ0v) is 9.54. The van der Waals surface area contributed by atoms with Crippen molar-refractivity contribution < 1.29 is 9.47 Å². The van der Waals surface area contributed by atoms with Gasteiger partial charge in [-0.05, 0) is 25.9 Å². The van der Waals surface area contributed by atoms with Gasteiger partial charge < -0.3 is 14.4 Å². The molecule has 3 nitrogen and oxygen atoms in total. The van der Waals surface area contributed by atoms with Gasteiger partial charge in [0.25, 0.3) is 0 Å². The fraction of sp³-hybridized carbons (Fsp3) is 1.00. The average Bonchev–Trinajstić information content (AvgIpc) is 2.10. The van der Waals surface area contributed by atoms with Crippen LogP contribution in [0.3, 0.4) is 0 Å². The first kappa shape index (κ1) is 12.9. The van der Waals surface area contributed by atoms with Crippen molar-refractivity contribution in [1.29, 1.82) is 0 Å². The number of ether oxygens (including phenoxy) is 2. The summed E-state index contributed by atoms with van der Waals surface area (Å²) in [5.74, 6) is 0.756. The topological polar surface area (TPSA) is 21.7 Å². The number of rotatable bonds is 7. The molecule has 3 heteroatoms. The lowest BCUT2D eigenvalue weighted by atomic mass is 10.1. The lowest BCUT2D eigenvalue weighted by Gasteiger charge is -2.22. The maximum absolute atomic E-state index is 5.11. The molecule has 0 heterocycles. The molecule has 0 radical (unpaired) electrons. The fourth-order valence-electron chi connectivity index (χ4n) is 1.07. The molecule has 0 aliphatic heterocycles. The predicted molar refractivity (Wildman–Crippen MR) is 54.8 cm³/mol. The Kier molecular flexibility index (Phi) is 7.23. The van der Waals surface area contributed by atoms with E-state index >= 15 is 0 Å². The molecule has 0 unspecified atom stereocenters. The highest BCUT2D eigenvalue weighted by Gasteiger charge is 2.08. The Balaban J connectivity index is 3.53. The molecule has 0 aliphatic rings. The fourth-order valence-corrected chi connectivity index (χ4v) is 1.07. The van der Waals surface area contributed by atoms with Crippen molar-refractivity contribution in [3.63, 3.8) is 0 Å². The standard InChI is InChI=1S/C10H23NO2/c1-9(2)6-7-11(3)8-10(12-4)13-5/h9-10H,6-8H2,1-5H3. The van der Waals surface area contributed by atoms with E-state index in [1.807, 2.05) is 0 Å². The highest BCUT2D eigenvalue weighted by Crippen LogP contribution is 2.02. The molecule has 0 spiro atoms. The minimum Gasteiger partial charge on any atom is -0.355 e. The molecule has 0 atom stereocenters. The van der Waals surface area contributed by atoms with Gasteiger partial charge in [-0.3, -0.25) is 0 Å². The van der Waals surface area contributed by atoms with Gasteiger partial charge in [-0.1, -0.05) is 13.8 Å². The van der Waals surface area contributed by atoms with Crippen molar-refractivity contribution in [3.05, 3.63) is 0 Å².